The minimum absolute atomic E-state index is 0.652. The SMILES string of the molecule is CNCc1cccc(N2CC(C)Cc3ccccc32)n1. The lowest BCUT2D eigenvalue weighted by atomic mass is 9.94. The number of nitrogens with zero attached hydrogens (tertiary/aromatic N) is 2. The summed E-state index contributed by atoms with van der Waals surface area (Å²) in [7, 11) is 1.95. The van der Waals surface area contributed by atoms with E-state index in [1.807, 2.05) is 7.05 Å². The predicted molar refractivity (Wildman–Crippen MR) is 83.3 cm³/mol. The second kappa shape index (κ2) is 5.63. The maximum atomic E-state index is 4.78. The molecular formula is C17H21N3. The summed E-state index contributed by atoms with van der Waals surface area (Å²) in [5.74, 6) is 1.71. The molecule has 1 aromatic carbocycles. The maximum absolute atomic E-state index is 4.78. The Morgan fingerprint density at radius 3 is 2.90 bits per heavy atom. The molecule has 0 amide bonds. The van der Waals surface area contributed by atoms with Gasteiger partial charge in [-0.05, 0) is 43.1 Å². The van der Waals surface area contributed by atoms with Crippen LogP contribution < -0.4 is 10.2 Å². The molecule has 0 saturated carbocycles. The highest BCUT2D eigenvalue weighted by Crippen LogP contribution is 2.34. The molecule has 1 aliphatic rings. The van der Waals surface area contributed by atoms with Crippen LogP contribution in [0.5, 0.6) is 0 Å². The van der Waals surface area contributed by atoms with Crippen LogP contribution in [-0.2, 0) is 13.0 Å². The van der Waals surface area contributed by atoms with E-state index in [2.05, 4.69) is 59.6 Å². The lowest BCUT2D eigenvalue weighted by Crippen LogP contribution is -2.31. The van der Waals surface area contributed by atoms with Gasteiger partial charge < -0.3 is 10.2 Å². The van der Waals surface area contributed by atoms with Crippen molar-refractivity contribution in [2.75, 3.05) is 18.5 Å². The topological polar surface area (TPSA) is 28.2 Å². The molecule has 3 rings (SSSR count). The number of anilines is 2. The van der Waals surface area contributed by atoms with E-state index in [-0.39, 0.29) is 0 Å². The van der Waals surface area contributed by atoms with Crippen molar-refractivity contribution in [1.29, 1.82) is 0 Å². The van der Waals surface area contributed by atoms with E-state index in [9.17, 15) is 0 Å². The van der Waals surface area contributed by atoms with E-state index in [0.29, 0.717) is 5.92 Å². The molecule has 0 radical (unpaired) electrons. The molecule has 2 aromatic rings. The second-order valence-electron chi connectivity index (χ2n) is 5.57. The van der Waals surface area contributed by atoms with Gasteiger partial charge in [-0.1, -0.05) is 31.2 Å². The van der Waals surface area contributed by atoms with Crippen LogP contribution in [0.15, 0.2) is 42.5 Å². The minimum atomic E-state index is 0.652. The van der Waals surface area contributed by atoms with Crippen molar-refractivity contribution >= 4 is 11.5 Å². The number of benzene rings is 1. The standard InChI is InChI=1S/C17H21N3/c1-13-10-14-6-3-4-8-16(14)20(12-13)17-9-5-7-15(19-17)11-18-2/h3-9,13,18H,10-12H2,1-2H3. The Labute approximate surface area is 120 Å². The van der Waals surface area contributed by atoms with Gasteiger partial charge in [-0.25, -0.2) is 4.98 Å². The van der Waals surface area contributed by atoms with Gasteiger partial charge in [0, 0.05) is 18.8 Å². The van der Waals surface area contributed by atoms with E-state index in [1.165, 1.54) is 11.3 Å². The predicted octanol–water partition coefficient (Wildman–Crippen LogP) is 3.13. The number of pyridine rings is 1. The Hall–Kier alpha value is -1.87. The largest absolute Gasteiger partial charge is 0.326 e. The lowest BCUT2D eigenvalue weighted by Gasteiger charge is -2.34. The molecule has 104 valence electrons. The zero-order chi connectivity index (χ0) is 13.9. The van der Waals surface area contributed by atoms with Crippen molar-refractivity contribution in [1.82, 2.24) is 10.3 Å². The van der Waals surface area contributed by atoms with Gasteiger partial charge in [0.15, 0.2) is 0 Å². The second-order valence-corrected chi connectivity index (χ2v) is 5.57. The maximum Gasteiger partial charge on any atom is 0.133 e. The number of rotatable bonds is 3. The van der Waals surface area contributed by atoms with Gasteiger partial charge in [-0.3, -0.25) is 0 Å². The van der Waals surface area contributed by atoms with Gasteiger partial charge in [0.2, 0.25) is 0 Å². The highest BCUT2D eigenvalue weighted by atomic mass is 15.2. The number of fused-ring (bicyclic) bond motifs is 1. The fourth-order valence-electron chi connectivity index (χ4n) is 2.91. The van der Waals surface area contributed by atoms with Crippen LogP contribution in [0.1, 0.15) is 18.2 Å². The molecule has 3 heteroatoms. The first kappa shape index (κ1) is 13.1. The molecule has 1 atom stereocenters. The van der Waals surface area contributed by atoms with Crippen LogP contribution in [-0.4, -0.2) is 18.6 Å². The number of para-hydroxylation sites is 1. The molecule has 20 heavy (non-hydrogen) atoms. The van der Waals surface area contributed by atoms with Crippen LogP contribution >= 0.6 is 0 Å². The summed E-state index contributed by atoms with van der Waals surface area (Å²) in [5, 5.41) is 3.16. The minimum Gasteiger partial charge on any atom is -0.326 e. The lowest BCUT2D eigenvalue weighted by molar-refractivity contribution is 0.559. The van der Waals surface area contributed by atoms with Crippen molar-refractivity contribution in [2.24, 2.45) is 5.92 Å². The third-order valence-electron chi connectivity index (χ3n) is 3.77. The van der Waals surface area contributed by atoms with Crippen LogP contribution in [0.3, 0.4) is 0 Å². The van der Waals surface area contributed by atoms with Crippen LogP contribution in [0.2, 0.25) is 0 Å². The Morgan fingerprint density at radius 2 is 2.05 bits per heavy atom. The smallest absolute Gasteiger partial charge is 0.133 e. The summed E-state index contributed by atoms with van der Waals surface area (Å²) in [6, 6.07) is 14.9. The summed E-state index contributed by atoms with van der Waals surface area (Å²) in [5.41, 5.74) is 3.81. The van der Waals surface area contributed by atoms with Crippen molar-refractivity contribution in [3.8, 4) is 0 Å². The molecule has 1 unspecified atom stereocenters. The zero-order valence-corrected chi connectivity index (χ0v) is 12.1. The number of hydrogen-bond donors (Lipinski definition) is 1. The quantitative estimate of drug-likeness (QED) is 0.926. The van der Waals surface area contributed by atoms with Gasteiger partial charge in [0.1, 0.15) is 5.82 Å². The Morgan fingerprint density at radius 1 is 1.20 bits per heavy atom. The van der Waals surface area contributed by atoms with E-state index in [0.717, 1.165) is 31.0 Å². The summed E-state index contributed by atoms with van der Waals surface area (Å²) >= 11 is 0. The molecular weight excluding hydrogens is 246 g/mol. The van der Waals surface area contributed by atoms with Crippen molar-refractivity contribution < 1.29 is 0 Å². The van der Waals surface area contributed by atoms with Crippen molar-refractivity contribution in [2.45, 2.75) is 19.9 Å². The molecule has 1 aliphatic heterocycles. The fraction of sp³-hybridized carbons (Fsp3) is 0.353. The average Bonchev–Trinajstić information content (AvgIpc) is 2.47. The monoisotopic (exact) mass is 267 g/mol. The normalized spacial score (nSPS) is 17.9. The molecule has 0 spiro atoms. The van der Waals surface area contributed by atoms with E-state index >= 15 is 0 Å². The average molecular weight is 267 g/mol. The molecule has 0 aliphatic carbocycles. The molecule has 2 heterocycles. The van der Waals surface area contributed by atoms with Gasteiger partial charge in [-0.15, -0.1) is 0 Å². The molecule has 0 bridgehead atoms. The van der Waals surface area contributed by atoms with Crippen molar-refractivity contribution in [3.63, 3.8) is 0 Å². The zero-order valence-electron chi connectivity index (χ0n) is 12.1. The number of aromatic nitrogens is 1. The van der Waals surface area contributed by atoms with Gasteiger partial charge in [-0.2, -0.15) is 0 Å². The van der Waals surface area contributed by atoms with Crippen LogP contribution in [0.4, 0.5) is 11.5 Å². The summed E-state index contributed by atoms with van der Waals surface area (Å²) in [6.07, 6.45) is 1.16. The summed E-state index contributed by atoms with van der Waals surface area (Å²) < 4.78 is 0. The Balaban J connectivity index is 1.99. The van der Waals surface area contributed by atoms with E-state index < -0.39 is 0 Å². The fourth-order valence-corrected chi connectivity index (χ4v) is 2.91. The van der Waals surface area contributed by atoms with Crippen LogP contribution in [0, 0.1) is 5.92 Å². The molecule has 1 N–H and O–H groups in total. The summed E-state index contributed by atoms with van der Waals surface area (Å²) in [6.45, 7) is 4.15. The third kappa shape index (κ3) is 2.54. The highest BCUT2D eigenvalue weighted by Gasteiger charge is 2.23. The third-order valence-corrected chi connectivity index (χ3v) is 3.77. The highest BCUT2D eigenvalue weighted by molar-refractivity contribution is 5.65. The first-order chi connectivity index (χ1) is 9.78. The summed E-state index contributed by atoms with van der Waals surface area (Å²) in [4.78, 5) is 7.13. The molecule has 0 fully saturated rings. The van der Waals surface area contributed by atoms with Gasteiger partial charge in [0.05, 0.1) is 5.69 Å². The van der Waals surface area contributed by atoms with Gasteiger partial charge in [0.25, 0.3) is 0 Å². The number of nitrogens with one attached hydrogen (secondary N) is 1. The Bertz CT molecular complexity index is 594. The molecule has 3 nitrogen and oxygen atoms in total. The van der Waals surface area contributed by atoms with Gasteiger partial charge >= 0.3 is 0 Å². The van der Waals surface area contributed by atoms with Crippen molar-refractivity contribution in [3.05, 3.63) is 53.7 Å². The number of hydrogen-bond acceptors (Lipinski definition) is 3. The Kier molecular flexibility index (Phi) is 3.70. The first-order valence-corrected chi connectivity index (χ1v) is 7.24. The van der Waals surface area contributed by atoms with E-state index in [4.69, 9.17) is 4.98 Å². The van der Waals surface area contributed by atoms with E-state index in [1.54, 1.807) is 0 Å². The molecule has 0 saturated heterocycles. The molecule has 1 aromatic heterocycles. The van der Waals surface area contributed by atoms with Crippen LogP contribution in [0.25, 0.3) is 0 Å². The first-order valence-electron chi connectivity index (χ1n) is 7.24.